The third kappa shape index (κ3) is 4.87. The largest absolute Gasteiger partial charge is 0.493 e. The lowest BCUT2D eigenvalue weighted by atomic mass is 10.1. The van der Waals surface area contributed by atoms with Crippen LogP contribution >= 0.6 is 0 Å². The SMILES string of the molecule is CCCOc1ccc(C)cc1C=NNc1nc(-c2ccccc2)c(C#N)c(=O)[nH]1. The Morgan fingerprint density at radius 3 is 2.79 bits per heavy atom. The van der Waals surface area contributed by atoms with E-state index in [-0.39, 0.29) is 11.5 Å². The van der Waals surface area contributed by atoms with Crippen molar-refractivity contribution in [3.63, 3.8) is 0 Å². The Balaban J connectivity index is 1.89. The van der Waals surface area contributed by atoms with Gasteiger partial charge in [0.2, 0.25) is 5.95 Å². The number of hydrogen-bond donors (Lipinski definition) is 2. The van der Waals surface area contributed by atoms with E-state index in [9.17, 15) is 10.1 Å². The van der Waals surface area contributed by atoms with Crippen LogP contribution in [-0.4, -0.2) is 22.8 Å². The van der Waals surface area contributed by atoms with Gasteiger partial charge in [0.05, 0.1) is 18.5 Å². The lowest BCUT2D eigenvalue weighted by Crippen LogP contribution is -2.16. The second kappa shape index (κ2) is 9.33. The zero-order valence-corrected chi connectivity index (χ0v) is 16.3. The minimum Gasteiger partial charge on any atom is -0.493 e. The predicted molar refractivity (Wildman–Crippen MR) is 113 cm³/mol. The number of aromatic nitrogens is 2. The molecule has 7 heteroatoms. The molecular formula is C22H21N5O2. The molecule has 3 aromatic rings. The van der Waals surface area contributed by atoms with Gasteiger partial charge in [-0.15, -0.1) is 0 Å². The van der Waals surface area contributed by atoms with Crippen LogP contribution in [0.25, 0.3) is 11.3 Å². The van der Waals surface area contributed by atoms with Gasteiger partial charge >= 0.3 is 0 Å². The number of nitrogens with one attached hydrogen (secondary N) is 2. The summed E-state index contributed by atoms with van der Waals surface area (Å²) in [5.74, 6) is 0.877. The summed E-state index contributed by atoms with van der Waals surface area (Å²) in [6.45, 7) is 4.64. The number of H-pyrrole nitrogens is 1. The molecule has 0 amide bonds. The number of anilines is 1. The molecule has 2 aromatic carbocycles. The van der Waals surface area contributed by atoms with E-state index in [1.54, 1.807) is 18.3 Å². The molecule has 0 unspecified atom stereocenters. The normalized spacial score (nSPS) is 10.7. The fourth-order valence-electron chi connectivity index (χ4n) is 2.71. The number of nitrogens with zero attached hydrogens (tertiary/aromatic N) is 3. The molecule has 0 saturated carbocycles. The summed E-state index contributed by atoms with van der Waals surface area (Å²) in [6.07, 6.45) is 2.51. The van der Waals surface area contributed by atoms with Gasteiger partial charge in [0, 0.05) is 11.1 Å². The molecule has 0 bridgehead atoms. The van der Waals surface area contributed by atoms with Crippen LogP contribution in [0.5, 0.6) is 5.75 Å². The highest BCUT2D eigenvalue weighted by molar-refractivity contribution is 5.84. The Labute approximate surface area is 168 Å². The fourth-order valence-corrected chi connectivity index (χ4v) is 2.71. The van der Waals surface area contributed by atoms with Crippen LogP contribution in [0.15, 0.2) is 58.4 Å². The average molecular weight is 387 g/mol. The van der Waals surface area contributed by atoms with E-state index in [0.29, 0.717) is 17.9 Å². The first kappa shape index (κ1) is 19.8. The molecule has 29 heavy (non-hydrogen) atoms. The highest BCUT2D eigenvalue weighted by Gasteiger charge is 2.12. The molecule has 0 saturated heterocycles. The van der Waals surface area contributed by atoms with Gasteiger partial charge in [-0.2, -0.15) is 10.4 Å². The lowest BCUT2D eigenvalue weighted by Gasteiger charge is -2.09. The number of hydrazone groups is 1. The highest BCUT2D eigenvalue weighted by Crippen LogP contribution is 2.20. The standard InChI is InChI=1S/C22H21N5O2/c1-3-11-29-19-10-9-15(2)12-17(19)14-24-27-22-25-20(16-7-5-4-6-8-16)18(13-23)21(28)26-22/h4-10,12,14H,3,11H2,1-2H3,(H2,25,26,27,28). The molecule has 1 aromatic heterocycles. The number of aromatic amines is 1. The molecule has 0 aliphatic carbocycles. The predicted octanol–water partition coefficient (Wildman–Crippen LogP) is 3.85. The zero-order chi connectivity index (χ0) is 20.6. The van der Waals surface area contributed by atoms with Crippen molar-refractivity contribution < 1.29 is 4.74 Å². The molecule has 0 atom stereocenters. The minimum atomic E-state index is -0.526. The summed E-state index contributed by atoms with van der Waals surface area (Å²) < 4.78 is 5.74. The minimum absolute atomic E-state index is 0.0420. The van der Waals surface area contributed by atoms with Crippen LogP contribution in [0.4, 0.5) is 5.95 Å². The second-order valence-electron chi connectivity index (χ2n) is 6.38. The van der Waals surface area contributed by atoms with Crippen molar-refractivity contribution in [2.45, 2.75) is 20.3 Å². The monoisotopic (exact) mass is 387 g/mol. The maximum atomic E-state index is 12.3. The first-order valence-electron chi connectivity index (χ1n) is 9.24. The molecule has 2 N–H and O–H groups in total. The van der Waals surface area contributed by atoms with Crippen molar-refractivity contribution in [3.8, 4) is 23.1 Å². The van der Waals surface area contributed by atoms with E-state index in [1.807, 2.05) is 56.3 Å². The van der Waals surface area contributed by atoms with Crippen molar-refractivity contribution in [2.24, 2.45) is 5.10 Å². The summed E-state index contributed by atoms with van der Waals surface area (Å²) in [7, 11) is 0. The fraction of sp³-hybridized carbons (Fsp3) is 0.182. The van der Waals surface area contributed by atoms with Crippen LogP contribution in [-0.2, 0) is 0 Å². The van der Waals surface area contributed by atoms with Crippen molar-refractivity contribution in [1.29, 1.82) is 5.26 Å². The van der Waals surface area contributed by atoms with Gasteiger partial charge in [-0.1, -0.05) is 48.9 Å². The smallest absolute Gasteiger partial charge is 0.270 e. The van der Waals surface area contributed by atoms with Gasteiger partial charge in [-0.05, 0) is 25.5 Å². The third-order valence-corrected chi connectivity index (χ3v) is 4.08. The van der Waals surface area contributed by atoms with Gasteiger partial charge in [-0.3, -0.25) is 9.78 Å². The summed E-state index contributed by atoms with van der Waals surface area (Å²) in [5.41, 5.74) is 5.03. The Kier molecular flexibility index (Phi) is 6.38. The number of nitriles is 1. The summed E-state index contributed by atoms with van der Waals surface area (Å²) >= 11 is 0. The van der Waals surface area contributed by atoms with Gasteiger partial charge in [-0.25, -0.2) is 10.4 Å². The van der Waals surface area contributed by atoms with E-state index in [0.717, 1.165) is 23.3 Å². The Morgan fingerprint density at radius 1 is 1.28 bits per heavy atom. The van der Waals surface area contributed by atoms with Crippen LogP contribution in [0.1, 0.15) is 30.0 Å². The second-order valence-corrected chi connectivity index (χ2v) is 6.38. The van der Waals surface area contributed by atoms with E-state index in [1.165, 1.54) is 0 Å². The zero-order valence-electron chi connectivity index (χ0n) is 16.3. The van der Waals surface area contributed by atoms with Crippen LogP contribution < -0.4 is 15.7 Å². The number of aryl methyl sites for hydroxylation is 1. The topological polar surface area (TPSA) is 103 Å². The lowest BCUT2D eigenvalue weighted by molar-refractivity contribution is 0.317. The molecule has 3 rings (SSSR count). The van der Waals surface area contributed by atoms with Crippen molar-refractivity contribution in [2.75, 3.05) is 12.0 Å². The summed E-state index contributed by atoms with van der Waals surface area (Å²) in [5, 5.41) is 13.5. The van der Waals surface area contributed by atoms with E-state index < -0.39 is 5.56 Å². The molecule has 0 radical (unpaired) electrons. The van der Waals surface area contributed by atoms with Crippen molar-refractivity contribution in [3.05, 3.63) is 75.6 Å². The van der Waals surface area contributed by atoms with Crippen molar-refractivity contribution in [1.82, 2.24) is 9.97 Å². The Morgan fingerprint density at radius 2 is 2.07 bits per heavy atom. The molecule has 0 aliphatic heterocycles. The maximum Gasteiger partial charge on any atom is 0.270 e. The Bertz CT molecular complexity index is 1110. The first-order chi connectivity index (χ1) is 14.1. The average Bonchev–Trinajstić information content (AvgIpc) is 2.73. The maximum absolute atomic E-state index is 12.3. The highest BCUT2D eigenvalue weighted by atomic mass is 16.5. The van der Waals surface area contributed by atoms with E-state index in [4.69, 9.17) is 4.74 Å². The van der Waals surface area contributed by atoms with Crippen LogP contribution in [0, 0.1) is 18.3 Å². The molecular weight excluding hydrogens is 366 g/mol. The third-order valence-electron chi connectivity index (χ3n) is 4.08. The number of benzene rings is 2. The summed E-state index contributed by atoms with van der Waals surface area (Å²) in [6, 6.07) is 16.8. The summed E-state index contributed by atoms with van der Waals surface area (Å²) in [4.78, 5) is 19.2. The quantitative estimate of drug-likeness (QED) is 0.473. The first-order valence-corrected chi connectivity index (χ1v) is 9.24. The van der Waals surface area contributed by atoms with E-state index >= 15 is 0 Å². The Hall–Kier alpha value is -3.92. The van der Waals surface area contributed by atoms with Crippen LogP contribution in [0.3, 0.4) is 0 Å². The number of ether oxygens (including phenoxy) is 1. The van der Waals surface area contributed by atoms with Gasteiger partial charge < -0.3 is 4.74 Å². The van der Waals surface area contributed by atoms with Gasteiger partial charge in [0.25, 0.3) is 5.56 Å². The molecule has 0 aliphatic rings. The molecule has 7 nitrogen and oxygen atoms in total. The van der Waals surface area contributed by atoms with Gasteiger partial charge in [0.15, 0.2) is 0 Å². The molecule has 1 heterocycles. The number of hydrogen-bond acceptors (Lipinski definition) is 6. The number of rotatable bonds is 7. The van der Waals surface area contributed by atoms with E-state index in [2.05, 4.69) is 20.5 Å². The van der Waals surface area contributed by atoms with Crippen molar-refractivity contribution >= 4 is 12.2 Å². The van der Waals surface area contributed by atoms with Gasteiger partial charge in [0.1, 0.15) is 17.4 Å². The molecule has 0 spiro atoms. The molecule has 146 valence electrons. The molecule has 0 fully saturated rings. The van der Waals surface area contributed by atoms with Crippen LogP contribution in [0.2, 0.25) is 0 Å².